The van der Waals surface area contributed by atoms with Crippen LogP contribution in [0.3, 0.4) is 0 Å². The Morgan fingerprint density at radius 3 is 1.92 bits per heavy atom. The smallest absolute Gasteiger partial charge is 0.226 e. The molecule has 4 nitrogen and oxygen atoms in total. The average Bonchev–Trinajstić information content (AvgIpc) is 2.59. The van der Waals surface area contributed by atoms with Crippen LogP contribution in [0.15, 0.2) is 24.3 Å². The van der Waals surface area contributed by atoms with Crippen molar-refractivity contribution >= 4 is 5.91 Å². The second-order valence-electron chi connectivity index (χ2n) is 6.20. The molecule has 0 saturated carbocycles. The Hall–Kier alpha value is -1.13. The molecule has 0 aliphatic heterocycles. The van der Waals surface area contributed by atoms with Crippen molar-refractivity contribution in [3.05, 3.63) is 24.3 Å². The fraction of sp³-hybridized carbons (Fsp3) is 0.750. The SMILES string of the molecule is CCCCCC=CCC=CCCCCCCCC(=O)N(CO)CO. The molecule has 0 heterocycles. The molecule has 2 N–H and O–H groups in total. The molecule has 0 atom stereocenters. The van der Waals surface area contributed by atoms with E-state index in [1.807, 2.05) is 0 Å². The molecule has 0 aromatic heterocycles. The number of hydrogen-bond donors (Lipinski definition) is 2. The van der Waals surface area contributed by atoms with Crippen molar-refractivity contribution < 1.29 is 15.0 Å². The summed E-state index contributed by atoms with van der Waals surface area (Å²) in [5.74, 6) is -0.175. The standard InChI is InChI=1S/C20H37NO3/c1-2-3-4-5-6-7-8-9-10-11-12-13-14-15-16-17-20(24)21(18-22)19-23/h6-7,9-10,22-23H,2-5,8,11-19H2,1H3. The summed E-state index contributed by atoms with van der Waals surface area (Å²) in [6, 6.07) is 0. The molecular formula is C20H37NO3. The maximum Gasteiger partial charge on any atom is 0.226 e. The third-order valence-corrected chi connectivity index (χ3v) is 4.04. The predicted molar refractivity (Wildman–Crippen MR) is 100 cm³/mol. The van der Waals surface area contributed by atoms with Gasteiger partial charge in [0.05, 0.1) is 0 Å². The van der Waals surface area contributed by atoms with Crippen LogP contribution in [0, 0.1) is 0 Å². The van der Waals surface area contributed by atoms with Gasteiger partial charge in [-0.2, -0.15) is 0 Å². The van der Waals surface area contributed by atoms with Gasteiger partial charge in [0.1, 0.15) is 13.5 Å². The Labute approximate surface area is 148 Å². The average molecular weight is 340 g/mol. The predicted octanol–water partition coefficient (Wildman–Crippen LogP) is 4.53. The number of carbonyl (C=O) groups excluding carboxylic acids is 1. The van der Waals surface area contributed by atoms with Crippen LogP contribution in [-0.2, 0) is 4.79 Å². The fourth-order valence-corrected chi connectivity index (χ4v) is 2.45. The number of carbonyl (C=O) groups is 1. The molecule has 0 saturated heterocycles. The zero-order valence-corrected chi connectivity index (χ0v) is 15.5. The number of allylic oxidation sites excluding steroid dienone is 4. The zero-order valence-electron chi connectivity index (χ0n) is 15.5. The van der Waals surface area contributed by atoms with E-state index < -0.39 is 13.5 Å². The molecule has 0 spiro atoms. The molecule has 140 valence electrons. The van der Waals surface area contributed by atoms with Crippen molar-refractivity contribution in [2.24, 2.45) is 0 Å². The van der Waals surface area contributed by atoms with Gasteiger partial charge in [0.2, 0.25) is 5.91 Å². The Bertz CT molecular complexity index is 336. The molecule has 0 rings (SSSR count). The number of aliphatic hydroxyl groups excluding tert-OH is 2. The van der Waals surface area contributed by atoms with Crippen molar-refractivity contribution in [3.8, 4) is 0 Å². The summed E-state index contributed by atoms with van der Waals surface area (Å²) >= 11 is 0. The Kier molecular flexibility index (Phi) is 17.4. The van der Waals surface area contributed by atoms with Gasteiger partial charge in [0.15, 0.2) is 0 Å². The molecule has 0 unspecified atom stereocenters. The van der Waals surface area contributed by atoms with Crippen LogP contribution in [0.2, 0.25) is 0 Å². The topological polar surface area (TPSA) is 60.8 Å². The third kappa shape index (κ3) is 14.5. The number of hydrogen-bond acceptors (Lipinski definition) is 3. The molecule has 0 aromatic rings. The van der Waals surface area contributed by atoms with Crippen LogP contribution in [0.4, 0.5) is 0 Å². The highest BCUT2D eigenvalue weighted by Crippen LogP contribution is 2.09. The number of rotatable bonds is 16. The molecule has 0 fully saturated rings. The maximum absolute atomic E-state index is 11.5. The lowest BCUT2D eigenvalue weighted by Crippen LogP contribution is -2.32. The number of aliphatic hydroxyl groups is 2. The Morgan fingerprint density at radius 2 is 1.33 bits per heavy atom. The van der Waals surface area contributed by atoms with Crippen molar-refractivity contribution in [3.63, 3.8) is 0 Å². The van der Waals surface area contributed by atoms with E-state index in [0.717, 1.165) is 37.0 Å². The summed E-state index contributed by atoms with van der Waals surface area (Å²) in [5.41, 5.74) is 0. The van der Waals surface area contributed by atoms with E-state index in [0.29, 0.717) is 6.42 Å². The van der Waals surface area contributed by atoms with Gasteiger partial charge >= 0.3 is 0 Å². The lowest BCUT2D eigenvalue weighted by atomic mass is 10.1. The van der Waals surface area contributed by atoms with Gasteiger partial charge in [-0.25, -0.2) is 0 Å². The van der Waals surface area contributed by atoms with Crippen LogP contribution >= 0.6 is 0 Å². The summed E-state index contributed by atoms with van der Waals surface area (Å²) in [6.07, 6.45) is 22.1. The van der Waals surface area contributed by atoms with Gasteiger partial charge in [-0.15, -0.1) is 0 Å². The monoisotopic (exact) mass is 339 g/mol. The minimum Gasteiger partial charge on any atom is -0.376 e. The number of nitrogens with zero attached hydrogens (tertiary/aromatic N) is 1. The van der Waals surface area contributed by atoms with E-state index in [1.54, 1.807) is 0 Å². The summed E-state index contributed by atoms with van der Waals surface area (Å²) in [5, 5.41) is 17.7. The minimum atomic E-state index is -0.407. The highest BCUT2D eigenvalue weighted by atomic mass is 16.3. The minimum absolute atomic E-state index is 0.175. The van der Waals surface area contributed by atoms with Crippen LogP contribution in [-0.4, -0.2) is 34.5 Å². The lowest BCUT2D eigenvalue weighted by molar-refractivity contribution is -0.139. The molecule has 0 aromatic carbocycles. The van der Waals surface area contributed by atoms with E-state index in [1.165, 1.54) is 38.5 Å². The van der Waals surface area contributed by atoms with E-state index in [9.17, 15) is 4.79 Å². The van der Waals surface area contributed by atoms with E-state index in [2.05, 4.69) is 31.2 Å². The molecule has 1 amide bonds. The van der Waals surface area contributed by atoms with E-state index in [-0.39, 0.29) is 5.91 Å². The van der Waals surface area contributed by atoms with Crippen LogP contribution < -0.4 is 0 Å². The lowest BCUT2D eigenvalue weighted by Gasteiger charge is -2.16. The highest BCUT2D eigenvalue weighted by Gasteiger charge is 2.09. The summed E-state index contributed by atoms with van der Waals surface area (Å²) < 4.78 is 0. The van der Waals surface area contributed by atoms with Gasteiger partial charge in [0.25, 0.3) is 0 Å². The van der Waals surface area contributed by atoms with E-state index in [4.69, 9.17) is 10.2 Å². The molecular weight excluding hydrogens is 302 g/mol. The molecule has 0 aliphatic rings. The first-order chi connectivity index (χ1) is 11.8. The molecule has 4 heteroatoms. The summed E-state index contributed by atoms with van der Waals surface area (Å²) in [7, 11) is 0. The summed E-state index contributed by atoms with van der Waals surface area (Å²) in [6.45, 7) is 1.42. The summed E-state index contributed by atoms with van der Waals surface area (Å²) in [4.78, 5) is 12.6. The van der Waals surface area contributed by atoms with Gasteiger partial charge in [-0.3, -0.25) is 9.69 Å². The second kappa shape index (κ2) is 18.2. The van der Waals surface area contributed by atoms with Crippen LogP contribution in [0.25, 0.3) is 0 Å². The fourth-order valence-electron chi connectivity index (χ4n) is 2.45. The Morgan fingerprint density at radius 1 is 0.792 bits per heavy atom. The van der Waals surface area contributed by atoms with Crippen molar-refractivity contribution in [2.75, 3.05) is 13.5 Å². The molecule has 0 radical (unpaired) electrons. The molecule has 24 heavy (non-hydrogen) atoms. The van der Waals surface area contributed by atoms with Crippen LogP contribution in [0.1, 0.15) is 84.0 Å². The Balaban J connectivity index is 3.36. The second-order valence-corrected chi connectivity index (χ2v) is 6.20. The third-order valence-electron chi connectivity index (χ3n) is 4.04. The quantitative estimate of drug-likeness (QED) is 0.247. The van der Waals surface area contributed by atoms with Crippen molar-refractivity contribution in [1.29, 1.82) is 0 Å². The molecule has 0 aliphatic carbocycles. The normalized spacial score (nSPS) is 11.6. The van der Waals surface area contributed by atoms with Crippen molar-refractivity contribution in [2.45, 2.75) is 84.0 Å². The van der Waals surface area contributed by atoms with Gasteiger partial charge in [-0.05, 0) is 38.5 Å². The van der Waals surface area contributed by atoms with E-state index >= 15 is 0 Å². The van der Waals surface area contributed by atoms with Gasteiger partial charge < -0.3 is 10.2 Å². The number of amides is 1. The molecule has 0 bridgehead atoms. The zero-order chi connectivity index (χ0) is 17.9. The van der Waals surface area contributed by atoms with Gasteiger partial charge in [-0.1, -0.05) is 63.3 Å². The first kappa shape index (κ1) is 22.9. The first-order valence-corrected chi connectivity index (χ1v) is 9.55. The number of unbranched alkanes of at least 4 members (excludes halogenated alkanes) is 8. The van der Waals surface area contributed by atoms with Crippen molar-refractivity contribution in [1.82, 2.24) is 4.90 Å². The van der Waals surface area contributed by atoms with Gasteiger partial charge in [0, 0.05) is 6.42 Å². The largest absolute Gasteiger partial charge is 0.376 e. The highest BCUT2D eigenvalue weighted by molar-refractivity contribution is 5.75. The van der Waals surface area contributed by atoms with Crippen LogP contribution in [0.5, 0.6) is 0 Å². The maximum atomic E-state index is 11.5. The first-order valence-electron chi connectivity index (χ1n) is 9.55.